The van der Waals surface area contributed by atoms with Gasteiger partial charge >= 0.3 is 0 Å². The van der Waals surface area contributed by atoms with Crippen molar-refractivity contribution in [1.82, 2.24) is 14.7 Å². The third-order valence-corrected chi connectivity index (χ3v) is 7.38. The minimum Gasteiger partial charge on any atom is -0.392 e. The standard InChI is InChI=1S/C22H33N3O/c26-21-12-20-13-23(11-10-18-6-2-1-3-7-18)15-22(25(20)14-21)16-24(17-22)19-8-4-5-9-19/h1-3,6-7,19-21,26H,4-5,8-17H2/t20-,21-/m1/s1. The Morgan fingerprint density at radius 1 is 0.962 bits per heavy atom. The molecule has 4 heteroatoms. The normalized spacial score (nSPS) is 32.8. The van der Waals surface area contributed by atoms with Gasteiger partial charge in [-0.25, -0.2) is 0 Å². The molecule has 1 aromatic rings. The lowest BCUT2D eigenvalue weighted by molar-refractivity contribution is -0.125. The Labute approximate surface area is 157 Å². The van der Waals surface area contributed by atoms with Crippen LogP contribution < -0.4 is 0 Å². The van der Waals surface area contributed by atoms with E-state index < -0.39 is 0 Å². The molecule has 4 fully saturated rings. The van der Waals surface area contributed by atoms with Crippen LogP contribution in [0.2, 0.25) is 0 Å². The van der Waals surface area contributed by atoms with E-state index in [1.54, 1.807) is 0 Å². The first-order valence-corrected chi connectivity index (χ1v) is 10.7. The summed E-state index contributed by atoms with van der Waals surface area (Å²) in [6.45, 7) is 6.82. The van der Waals surface area contributed by atoms with E-state index in [1.165, 1.54) is 50.9 Å². The zero-order chi connectivity index (χ0) is 17.6. The van der Waals surface area contributed by atoms with E-state index in [-0.39, 0.29) is 6.10 Å². The Morgan fingerprint density at radius 2 is 1.73 bits per heavy atom. The fourth-order valence-electron chi connectivity index (χ4n) is 6.14. The summed E-state index contributed by atoms with van der Waals surface area (Å²) in [7, 11) is 0. The van der Waals surface area contributed by atoms with Gasteiger partial charge in [0.15, 0.2) is 0 Å². The number of piperazine rings is 1. The second-order valence-electron chi connectivity index (χ2n) is 9.23. The molecular weight excluding hydrogens is 322 g/mol. The van der Waals surface area contributed by atoms with Gasteiger partial charge in [-0.05, 0) is 31.2 Å². The largest absolute Gasteiger partial charge is 0.392 e. The molecule has 142 valence electrons. The molecule has 3 heterocycles. The van der Waals surface area contributed by atoms with Crippen LogP contribution in [0.4, 0.5) is 0 Å². The number of nitrogens with zero attached hydrogens (tertiary/aromatic N) is 3. The molecule has 0 amide bonds. The lowest BCUT2D eigenvalue weighted by Gasteiger charge is -2.62. The van der Waals surface area contributed by atoms with Gasteiger partial charge in [-0.1, -0.05) is 43.2 Å². The summed E-state index contributed by atoms with van der Waals surface area (Å²) in [5.74, 6) is 0. The lowest BCUT2D eigenvalue weighted by Crippen LogP contribution is -2.79. The molecule has 3 saturated heterocycles. The van der Waals surface area contributed by atoms with Gasteiger partial charge in [-0.2, -0.15) is 0 Å². The van der Waals surface area contributed by atoms with Crippen molar-refractivity contribution in [1.29, 1.82) is 0 Å². The molecule has 5 rings (SSSR count). The SMILES string of the molecule is O[C@@H]1C[C@@H]2CN(CCc3ccccc3)CC3(CN(C4CCCC4)C3)N2C1. The fraction of sp³-hybridized carbons (Fsp3) is 0.727. The predicted octanol–water partition coefficient (Wildman–Crippen LogP) is 1.98. The van der Waals surface area contributed by atoms with Crippen molar-refractivity contribution >= 4 is 0 Å². The lowest BCUT2D eigenvalue weighted by atomic mass is 9.82. The minimum atomic E-state index is -0.119. The van der Waals surface area contributed by atoms with Gasteiger partial charge in [-0.3, -0.25) is 14.7 Å². The van der Waals surface area contributed by atoms with Crippen molar-refractivity contribution in [2.75, 3.05) is 39.3 Å². The highest BCUT2D eigenvalue weighted by Crippen LogP contribution is 2.41. The molecule has 26 heavy (non-hydrogen) atoms. The number of rotatable bonds is 4. The molecule has 2 atom stereocenters. The van der Waals surface area contributed by atoms with Crippen molar-refractivity contribution in [2.24, 2.45) is 0 Å². The van der Waals surface area contributed by atoms with Gasteiger partial charge in [0, 0.05) is 51.4 Å². The molecule has 0 aromatic heterocycles. The van der Waals surface area contributed by atoms with Crippen LogP contribution in [0, 0.1) is 0 Å². The number of hydrogen-bond acceptors (Lipinski definition) is 4. The van der Waals surface area contributed by atoms with E-state index in [2.05, 4.69) is 45.0 Å². The molecule has 4 nitrogen and oxygen atoms in total. The first kappa shape index (κ1) is 17.2. The summed E-state index contributed by atoms with van der Waals surface area (Å²) in [6.07, 6.45) is 7.63. The van der Waals surface area contributed by atoms with E-state index in [0.29, 0.717) is 11.6 Å². The van der Waals surface area contributed by atoms with E-state index in [1.807, 2.05) is 0 Å². The van der Waals surface area contributed by atoms with Gasteiger partial charge in [0.25, 0.3) is 0 Å². The maximum atomic E-state index is 10.3. The minimum absolute atomic E-state index is 0.119. The average Bonchev–Trinajstić information content (AvgIpc) is 3.27. The summed E-state index contributed by atoms with van der Waals surface area (Å²) in [6, 6.07) is 12.3. The molecular formula is C22H33N3O. The Morgan fingerprint density at radius 3 is 2.50 bits per heavy atom. The second-order valence-corrected chi connectivity index (χ2v) is 9.23. The summed E-state index contributed by atoms with van der Waals surface area (Å²) in [5.41, 5.74) is 1.75. The Kier molecular flexibility index (Phi) is 4.56. The topological polar surface area (TPSA) is 30.0 Å². The van der Waals surface area contributed by atoms with Crippen LogP contribution in [-0.4, -0.2) is 82.8 Å². The molecule has 4 aliphatic rings. The van der Waals surface area contributed by atoms with Gasteiger partial charge in [0.1, 0.15) is 0 Å². The van der Waals surface area contributed by atoms with E-state index in [0.717, 1.165) is 38.5 Å². The molecule has 1 N–H and O–H groups in total. The van der Waals surface area contributed by atoms with Gasteiger partial charge in [-0.15, -0.1) is 0 Å². The van der Waals surface area contributed by atoms with Crippen molar-refractivity contribution in [2.45, 2.75) is 62.3 Å². The summed E-state index contributed by atoms with van der Waals surface area (Å²) < 4.78 is 0. The number of β-amino-alcohol motifs (C(OH)–C–C–N with tert-alkyl or cyclic N) is 1. The van der Waals surface area contributed by atoms with Gasteiger partial charge in [0.05, 0.1) is 11.6 Å². The highest BCUT2D eigenvalue weighted by molar-refractivity contribution is 5.17. The molecule has 1 aliphatic carbocycles. The quantitative estimate of drug-likeness (QED) is 0.895. The predicted molar refractivity (Wildman–Crippen MR) is 104 cm³/mol. The number of fused-ring (bicyclic) bond motifs is 2. The number of aliphatic hydroxyl groups excluding tert-OH is 1. The third kappa shape index (κ3) is 3.11. The summed E-state index contributed by atoms with van der Waals surface area (Å²) in [5, 5.41) is 10.3. The number of aliphatic hydroxyl groups is 1. The van der Waals surface area contributed by atoms with Gasteiger partial charge in [0.2, 0.25) is 0 Å². The zero-order valence-electron chi connectivity index (χ0n) is 15.9. The summed E-state index contributed by atoms with van der Waals surface area (Å²) in [4.78, 5) is 8.13. The first-order chi connectivity index (χ1) is 12.7. The molecule has 0 radical (unpaired) electrons. The van der Waals surface area contributed by atoms with Crippen LogP contribution in [0.1, 0.15) is 37.7 Å². The van der Waals surface area contributed by atoms with Crippen molar-refractivity contribution in [3.05, 3.63) is 35.9 Å². The smallest absolute Gasteiger partial charge is 0.0682 e. The first-order valence-electron chi connectivity index (χ1n) is 10.7. The Bertz CT molecular complexity index is 609. The van der Waals surface area contributed by atoms with Crippen LogP contribution in [0.3, 0.4) is 0 Å². The third-order valence-electron chi connectivity index (χ3n) is 7.38. The molecule has 1 spiro atoms. The van der Waals surface area contributed by atoms with Crippen LogP contribution in [0.5, 0.6) is 0 Å². The maximum Gasteiger partial charge on any atom is 0.0682 e. The molecule has 1 aromatic carbocycles. The Hall–Kier alpha value is -0.940. The molecule has 3 aliphatic heterocycles. The average molecular weight is 356 g/mol. The summed E-state index contributed by atoms with van der Waals surface area (Å²) >= 11 is 0. The van der Waals surface area contributed by atoms with E-state index in [4.69, 9.17) is 0 Å². The fourth-order valence-corrected chi connectivity index (χ4v) is 6.14. The van der Waals surface area contributed by atoms with Crippen molar-refractivity contribution < 1.29 is 5.11 Å². The molecule has 0 unspecified atom stereocenters. The van der Waals surface area contributed by atoms with Crippen LogP contribution in [0.25, 0.3) is 0 Å². The van der Waals surface area contributed by atoms with Gasteiger partial charge < -0.3 is 5.11 Å². The van der Waals surface area contributed by atoms with E-state index in [9.17, 15) is 5.11 Å². The Balaban J connectivity index is 1.26. The molecule has 1 saturated carbocycles. The second kappa shape index (κ2) is 6.90. The number of hydrogen-bond donors (Lipinski definition) is 1. The van der Waals surface area contributed by atoms with Crippen LogP contribution >= 0.6 is 0 Å². The highest BCUT2D eigenvalue weighted by Gasteiger charge is 2.56. The zero-order valence-corrected chi connectivity index (χ0v) is 15.9. The monoisotopic (exact) mass is 355 g/mol. The van der Waals surface area contributed by atoms with Crippen molar-refractivity contribution in [3.63, 3.8) is 0 Å². The van der Waals surface area contributed by atoms with Crippen LogP contribution in [-0.2, 0) is 6.42 Å². The number of likely N-dealkylation sites (tertiary alicyclic amines) is 1. The van der Waals surface area contributed by atoms with Crippen molar-refractivity contribution in [3.8, 4) is 0 Å². The van der Waals surface area contributed by atoms with Crippen LogP contribution in [0.15, 0.2) is 30.3 Å². The highest BCUT2D eigenvalue weighted by atomic mass is 16.3. The van der Waals surface area contributed by atoms with E-state index >= 15 is 0 Å². The number of benzene rings is 1. The maximum absolute atomic E-state index is 10.3. The molecule has 0 bridgehead atoms.